The third-order valence-electron chi connectivity index (χ3n) is 2.66. The fourth-order valence-electron chi connectivity index (χ4n) is 1.61. The van der Waals surface area contributed by atoms with Gasteiger partial charge in [0.1, 0.15) is 0 Å². The number of amides is 1. The van der Waals surface area contributed by atoms with Gasteiger partial charge in [0.05, 0.1) is 28.2 Å². The number of anilines is 2. The number of rotatable bonds is 3. The van der Waals surface area contributed by atoms with Gasteiger partial charge in [-0.05, 0) is 26.0 Å². The highest BCUT2D eigenvalue weighted by atomic mass is 35.5. The second-order valence-corrected chi connectivity index (χ2v) is 4.84. The number of hydrogen-bond acceptors (Lipinski definition) is 3. The molecule has 1 aromatic heterocycles. The van der Waals surface area contributed by atoms with Gasteiger partial charge in [0.25, 0.3) is 5.91 Å². The monoisotopic (exact) mass is 278 g/mol. The number of nitrogens with one attached hydrogen (secondary N) is 1. The largest absolute Gasteiger partial charge is 0.398 e. The summed E-state index contributed by atoms with van der Waals surface area (Å²) in [5, 5.41) is 7.15. The first-order valence-electron chi connectivity index (χ1n) is 5.88. The van der Waals surface area contributed by atoms with Crippen molar-refractivity contribution in [2.45, 2.75) is 19.9 Å². The second kappa shape index (κ2) is 5.32. The Kier molecular flexibility index (Phi) is 3.76. The topological polar surface area (TPSA) is 72.9 Å². The zero-order valence-electron chi connectivity index (χ0n) is 10.7. The number of carbonyl (C=O) groups excluding carboxylic acids is 1. The molecule has 0 bridgehead atoms. The van der Waals surface area contributed by atoms with Crippen LogP contribution in [0.1, 0.15) is 30.2 Å². The van der Waals surface area contributed by atoms with Crippen molar-refractivity contribution in [1.82, 2.24) is 9.78 Å². The van der Waals surface area contributed by atoms with Crippen LogP contribution in [0.3, 0.4) is 0 Å². The number of halogens is 1. The molecule has 6 heteroatoms. The van der Waals surface area contributed by atoms with E-state index in [1.165, 1.54) is 0 Å². The van der Waals surface area contributed by atoms with Crippen molar-refractivity contribution in [1.29, 1.82) is 0 Å². The molecule has 1 heterocycles. The van der Waals surface area contributed by atoms with E-state index in [4.69, 9.17) is 17.3 Å². The summed E-state index contributed by atoms with van der Waals surface area (Å²) in [6.07, 6.45) is 3.36. The lowest BCUT2D eigenvalue weighted by atomic mass is 10.2. The van der Waals surface area contributed by atoms with Crippen molar-refractivity contribution < 1.29 is 4.79 Å². The molecule has 0 atom stereocenters. The fourth-order valence-corrected chi connectivity index (χ4v) is 1.82. The summed E-state index contributed by atoms with van der Waals surface area (Å²) in [6, 6.07) is 5.20. The quantitative estimate of drug-likeness (QED) is 0.848. The van der Waals surface area contributed by atoms with E-state index < -0.39 is 0 Å². The van der Waals surface area contributed by atoms with Crippen molar-refractivity contribution in [3.8, 4) is 0 Å². The van der Waals surface area contributed by atoms with Crippen molar-refractivity contribution in [3.63, 3.8) is 0 Å². The highest BCUT2D eigenvalue weighted by molar-refractivity contribution is 6.36. The van der Waals surface area contributed by atoms with E-state index in [0.29, 0.717) is 16.9 Å². The van der Waals surface area contributed by atoms with Crippen LogP contribution in [-0.2, 0) is 0 Å². The lowest BCUT2D eigenvalue weighted by molar-refractivity contribution is 0.102. The second-order valence-electron chi connectivity index (χ2n) is 4.47. The van der Waals surface area contributed by atoms with Gasteiger partial charge in [0, 0.05) is 12.2 Å². The van der Waals surface area contributed by atoms with Gasteiger partial charge < -0.3 is 11.1 Å². The van der Waals surface area contributed by atoms with Crippen LogP contribution < -0.4 is 11.1 Å². The average molecular weight is 279 g/mol. The van der Waals surface area contributed by atoms with Crippen molar-refractivity contribution in [3.05, 3.63) is 41.2 Å². The summed E-state index contributed by atoms with van der Waals surface area (Å²) in [5.74, 6) is -0.305. The van der Waals surface area contributed by atoms with Gasteiger partial charge in [-0.3, -0.25) is 9.48 Å². The van der Waals surface area contributed by atoms with E-state index in [1.54, 1.807) is 35.3 Å². The van der Waals surface area contributed by atoms with Gasteiger partial charge in [0.15, 0.2) is 0 Å². The molecule has 0 fully saturated rings. The number of nitrogens with zero attached hydrogens (tertiary/aromatic N) is 2. The van der Waals surface area contributed by atoms with Crippen molar-refractivity contribution in [2.75, 3.05) is 11.1 Å². The zero-order chi connectivity index (χ0) is 14.0. The number of aromatic nitrogens is 2. The predicted octanol–water partition coefficient (Wildman–Crippen LogP) is 2.95. The number of nitrogens with two attached hydrogens (primary N) is 1. The summed E-state index contributed by atoms with van der Waals surface area (Å²) in [4.78, 5) is 12.1. The first kappa shape index (κ1) is 13.4. The van der Waals surface area contributed by atoms with Gasteiger partial charge >= 0.3 is 0 Å². The minimum atomic E-state index is -0.305. The van der Waals surface area contributed by atoms with Crippen LogP contribution in [-0.4, -0.2) is 15.7 Å². The summed E-state index contributed by atoms with van der Waals surface area (Å²) in [5.41, 5.74) is 7.02. The predicted molar refractivity (Wildman–Crippen MR) is 76.4 cm³/mol. The molecule has 0 saturated heterocycles. The van der Waals surface area contributed by atoms with Gasteiger partial charge in [0.2, 0.25) is 0 Å². The maximum atomic E-state index is 12.1. The highest BCUT2D eigenvalue weighted by Gasteiger charge is 2.13. The van der Waals surface area contributed by atoms with E-state index in [9.17, 15) is 4.79 Å². The summed E-state index contributed by atoms with van der Waals surface area (Å²) in [6.45, 7) is 4.01. The lowest BCUT2D eigenvalue weighted by Crippen LogP contribution is -2.12. The van der Waals surface area contributed by atoms with Crippen LogP contribution in [0.4, 0.5) is 11.4 Å². The maximum Gasteiger partial charge on any atom is 0.257 e. The molecule has 19 heavy (non-hydrogen) atoms. The molecule has 0 unspecified atom stereocenters. The summed E-state index contributed by atoms with van der Waals surface area (Å²) in [7, 11) is 0. The Morgan fingerprint density at radius 1 is 1.47 bits per heavy atom. The van der Waals surface area contributed by atoms with E-state index in [1.807, 2.05) is 13.8 Å². The molecule has 5 nitrogen and oxygen atoms in total. The first-order chi connectivity index (χ1) is 8.99. The number of hydrogen-bond donors (Lipinski definition) is 2. The van der Waals surface area contributed by atoms with E-state index >= 15 is 0 Å². The minimum absolute atomic E-state index is 0.238. The van der Waals surface area contributed by atoms with Crippen LogP contribution in [0.15, 0.2) is 30.6 Å². The molecule has 3 N–H and O–H groups in total. The van der Waals surface area contributed by atoms with Crippen LogP contribution in [0.25, 0.3) is 0 Å². The number of benzene rings is 1. The molecule has 1 amide bonds. The van der Waals surface area contributed by atoms with Crippen molar-refractivity contribution in [2.24, 2.45) is 0 Å². The highest BCUT2D eigenvalue weighted by Crippen LogP contribution is 2.24. The van der Waals surface area contributed by atoms with Crippen LogP contribution in [0, 0.1) is 0 Å². The molecule has 0 saturated carbocycles. The zero-order valence-corrected chi connectivity index (χ0v) is 11.5. The van der Waals surface area contributed by atoms with Gasteiger partial charge in [-0.2, -0.15) is 5.10 Å². The Balaban J connectivity index is 2.18. The molecule has 2 rings (SSSR count). The summed E-state index contributed by atoms with van der Waals surface area (Å²) < 4.78 is 1.76. The molecule has 2 aromatic rings. The lowest BCUT2D eigenvalue weighted by Gasteiger charge is -2.06. The first-order valence-corrected chi connectivity index (χ1v) is 6.26. The van der Waals surface area contributed by atoms with E-state index in [2.05, 4.69) is 10.4 Å². The SMILES string of the molecule is CC(C)n1cc(NC(=O)c2cccc(N)c2Cl)cn1. The minimum Gasteiger partial charge on any atom is -0.398 e. The molecule has 0 aliphatic carbocycles. The van der Waals surface area contributed by atoms with E-state index in [0.717, 1.165) is 0 Å². The Hall–Kier alpha value is -2.01. The van der Waals surface area contributed by atoms with Gasteiger partial charge in [-0.1, -0.05) is 17.7 Å². The summed E-state index contributed by atoms with van der Waals surface area (Å²) >= 11 is 6.00. The molecule has 0 spiro atoms. The number of carbonyl (C=O) groups is 1. The smallest absolute Gasteiger partial charge is 0.257 e. The van der Waals surface area contributed by atoms with Crippen LogP contribution in [0.5, 0.6) is 0 Å². The molecule has 100 valence electrons. The third kappa shape index (κ3) is 2.88. The number of nitrogen functional groups attached to an aromatic ring is 1. The maximum absolute atomic E-state index is 12.1. The van der Waals surface area contributed by atoms with Crippen LogP contribution in [0.2, 0.25) is 5.02 Å². The Morgan fingerprint density at radius 3 is 2.84 bits per heavy atom. The van der Waals surface area contributed by atoms with Gasteiger partial charge in [-0.25, -0.2) is 0 Å². The molecular formula is C13H15ClN4O. The molecule has 0 radical (unpaired) electrons. The van der Waals surface area contributed by atoms with Crippen molar-refractivity contribution >= 4 is 28.9 Å². The van der Waals surface area contributed by atoms with Gasteiger partial charge in [-0.15, -0.1) is 0 Å². The van der Waals surface area contributed by atoms with Crippen LogP contribution >= 0.6 is 11.6 Å². The normalized spacial score (nSPS) is 10.7. The fraction of sp³-hybridized carbons (Fsp3) is 0.231. The Bertz CT molecular complexity index is 606. The average Bonchev–Trinajstić information content (AvgIpc) is 2.81. The Labute approximate surface area is 116 Å². The third-order valence-corrected chi connectivity index (χ3v) is 3.08. The Morgan fingerprint density at radius 2 is 2.21 bits per heavy atom. The van der Waals surface area contributed by atoms with E-state index in [-0.39, 0.29) is 17.0 Å². The molecule has 0 aliphatic heterocycles. The molecule has 0 aliphatic rings. The molecular weight excluding hydrogens is 264 g/mol. The molecule has 1 aromatic carbocycles. The standard InChI is InChI=1S/C13H15ClN4O/c1-8(2)18-7-9(6-16-18)17-13(19)10-4-3-5-11(15)12(10)14/h3-8H,15H2,1-2H3,(H,17,19).